The van der Waals surface area contributed by atoms with Crippen LogP contribution in [0.2, 0.25) is 0 Å². The molecule has 0 radical (unpaired) electrons. The first-order chi connectivity index (χ1) is 11.2. The first-order valence-electron chi connectivity index (χ1n) is 8.27. The maximum Gasteiger partial charge on any atom is 0.134 e. The Morgan fingerprint density at radius 1 is 1.00 bits per heavy atom. The van der Waals surface area contributed by atoms with Gasteiger partial charge in [0.15, 0.2) is 0 Å². The minimum Gasteiger partial charge on any atom is -0.493 e. The van der Waals surface area contributed by atoms with E-state index in [0.717, 1.165) is 23.8 Å². The molecule has 1 aliphatic rings. The van der Waals surface area contributed by atoms with E-state index in [-0.39, 0.29) is 5.78 Å². The number of carbonyl (C=O) groups excluding carboxylic acids is 1. The highest BCUT2D eigenvalue weighted by Crippen LogP contribution is 2.32. The summed E-state index contributed by atoms with van der Waals surface area (Å²) in [6, 6.07) is 16.9. The summed E-state index contributed by atoms with van der Waals surface area (Å²) in [7, 11) is 0. The zero-order chi connectivity index (χ0) is 15.8. The predicted octanol–water partition coefficient (Wildman–Crippen LogP) is 4.91. The van der Waals surface area contributed by atoms with E-state index < -0.39 is 0 Å². The molecule has 1 fully saturated rings. The molecule has 116 valence electrons. The molecule has 4 rings (SSSR count). The van der Waals surface area contributed by atoms with Gasteiger partial charge in [-0.25, -0.2) is 0 Å². The third-order valence-corrected chi connectivity index (χ3v) is 4.51. The topological polar surface area (TPSA) is 26.3 Å². The largest absolute Gasteiger partial charge is 0.493 e. The molecule has 3 aromatic carbocycles. The second-order valence-electron chi connectivity index (χ2n) is 6.64. The predicted molar refractivity (Wildman–Crippen MR) is 94.1 cm³/mol. The van der Waals surface area contributed by atoms with E-state index in [1.807, 2.05) is 6.07 Å². The monoisotopic (exact) mass is 304 g/mol. The van der Waals surface area contributed by atoms with Gasteiger partial charge in [0.2, 0.25) is 0 Å². The van der Waals surface area contributed by atoms with E-state index in [1.165, 1.54) is 34.4 Å². The van der Waals surface area contributed by atoms with Gasteiger partial charge in [-0.15, -0.1) is 0 Å². The Labute approximate surface area is 136 Å². The molecule has 2 heteroatoms. The van der Waals surface area contributed by atoms with Gasteiger partial charge in [0.05, 0.1) is 6.61 Å². The molecule has 1 saturated carbocycles. The molecule has 23 heavy (non-hydrogen) atoms. The first kappa shape index (κ1) is 14.3. The molecule has 0 saturated heterocycles. The quantitative estimate of drug-likeness (QED) is 0.626. The number of Topliss-reactive ketones (excluding diaryl/α,β-unsaturated/α-hetero) is 1. The van der Waals surface area contributed by atoms with Gasteiger partial charge >= 0.3 is 0 Å². The third-order valence-electron chi connectivity index (χ3n) is 4.51. The van der Waals surface area contributed by atoms with Crippen LogP contribution in [0.15, 0.2) is 48.5 Å². The van der Waals surface area contributed by atoms with Gasteiger partial charge in [-0.1, -0.05) is 36.4 Å². The van der Waals surface area contributed by atoms with Crippen LogP contribution in [0.25, 0.3) is 21.5 Å². The zero-order valence-corrected chi connectivity index (χ0v) is 13.3. The van der Waals surface area contributed by atoms with Crippen molar-refractivity contribution in [3.63, 3.8) is 0 Å². The van der Waals surface area contributed by atoms with Crippen LogP contribution >= 0.6 is 0 Å². The molecule has 0 bridgehead atoms. The van der Waals surface area contributed by atoms with Gasteiger partial charge in [0.1, 0.15) is 11.5 Å². The van der Waals surface area contributed by atoms with Gasteiger partial charge in [-0.2, -0.15) is 0 Å². The van der Waals surface area contributed by atoms with Crippen molar-refractivity contribution < 1.29 is 9.53 Å². The first-order valence-corrected chi connectivity index (χ1v) is 8.27. The lowest BCUT2D eigenvalue weighted by atomic mass is 9.98. The zero-order valence-electron chi connectivity index (χ0n) is 13.3. The third kappa shape index (κ3) is 3.07. The molecule has 1 aliphatic carbocycles. The van der Waals surface area contributed by atoms with Gasteiger partial charge in [-0.3, -0.25) is 4.79 Å². The van der Waals surface area contributed by atoms with Crippen LogP contribution in [0, 0.1) is 5.92 Å². The van der Waals surface area contributed by atoms with Crippen LogP contribution in [-0.2, 0) is 11.2 Å². The Bertz CT molecular complexity index is 891. The Kier molecular flexibility index (Phi) is 3.53. The van der Waals surface area contributed by atoms with Gasteiger partial charge < -0.3 is 4.74 Å². The molecule has 3 aromatic rings. The maximum absolute atomic E-state index is 11.4. The summed E-state index contributed by atoms with van der Waals surface area (Å²) in [5.74, 6) is 1.88. The number of benzene rings is 3. The number of hydrogen-bond acceptors (Lipinski definition) is 2. The van der Waals surface area contributed by atoms with Crippen LogP contribution in [0.3, 0.4) is 0 Å². The lowest BCUT2D eigenvalue weighted by molar-refractivity contribution is -0.116. The summed E-state index contributed by atoms with van der Waals surface area (Å²) in [5, 5.41) is 4.79. The summed E-state index contributed by atoms with van der Waals surface area (Å²) in [6.45, 7) is 2.46. The van der Waals surface area contributed by atoms with Crippen molar-refractivity contribution >= 4 is 27.3 Å². The molecule has 0 atom stereocenters. The molecule has 0 aliphatic heterocycles. The number of rotatable bonds is 5. The van der Waals surface area contributed by atoms with Gasteiger partial charge in [-0.05, 0) is 64.9 Å². The second-order valence-corrected chi connectivity index (χ2v) is 6.64. The average Bonchev–Trinajstić information content (AvgIpc) is 3.36. The highest BCUT2D eigenvalue weighted by Gasteiger charge is 2.21. The van der Waals surface area contributed by atoms with Crippen molar-refractivity contribution in [3.8, 4) is 5.75 Å². The lowest BCUT2D eigenvalue weighted by Gasteiger charge is -2.10. The Hall–Kier alpha value is -2.35. The van der Waals surface area contributed by atoms with Crippen LogP contribution < -0.4 is 4.74 Å². The maximum atomic E-state index is 11.4. The minimum atomic E-state index is 0.193. The number of hydrogen-bond donors (Lipinski definition) is 0. The van der Waals surface area contributed by atoms with E-state index in [2.05, 4.69) is 42.5 Å². The molecule has 0 N–H and O–H groups in total. The second kappa shape index (κ2) is 5.69. The van der Waals surface area contributed by atoms with E-state index in [9.17, 15) is 4.79 Å². The summed E-state index contributed by atoms with van der Waals surface area (Å²) in [5.41, 5.74) is 1.07. The molecule has 2 nitrogen and oxygen atoms in total. The summed E-state index contributed by atoms with van der Waals surface area (Å²) >= 11 is 0. The van der Waals surface area contributed by atoms with Crippen molar-refractivity contribution in [1.82, 2.24) is 0 Å². The van der Waals surface area contributed by atoms with Crippen molar-refractivity contribution in [3.05, 3.63) is 54.1 Å². The van der Waals surface area contributed by atoms with E-state index in [4.69, 9.17) is 4.74 Å². The van der Waals surface area contributed by atoms with Crippen molar-refractivity contribution in [1.29, 1.82) is 0 Å². The molecule has 0 unspecified atom stereocenters. The summed E-state index contributed by atoms with van der Waals surface area (Å²) in [6.07, 6.45) is 3.08. The highest BCUT2D eigenvalue weighted by atomic mass is 16.5. The average molecular weight is 304 g/mol. The smallest absolute Gasteiger partial charge is 0.134 e. The Balaban J connectivity index is 1.79. The van der Waals surface area contributed by atoms with E-state index in [0.29, 0.717) is 6.42 Å². The van der Waals surface area contributed by atoms with Crippen molar-refractivity contribution in [2.75, 3.05) is 6.61 Å². The normalized spacial score (nSPS) is 14.3. The molecular formula is C21H20O2. The Morgan fingerprint density at radius 3 is 2.35 bits per heavy atom. The summed E-state index contributed by atoms with van der Waals surface area (Å²) < 4.78 is 5.93. The van der Waals surface area contributed by atoms with Crippen LogP contribution in [0.1, 0.15) is 25.3 Å². The standard InChI is InChI=1S/C21H20O2/c1-14(22)10-16-4-5-17-6-7-18-8-9-19(23-13-15-2-3-15)12-21(18)20(17)11-16/h4-9,11-12,15H,2-3,10,13H2,1H3. The fraction of sp³-hybridized carbons (Fsp3) is 0.286. The molecular weight excluding hydrogens is 284 g/mol. The SMILES string of the molecule is CC(=O)Cc1ccc2ccc3ccc(OCC4CC4)cc3c2c1. The Morgan fingerprint density at radius 2 is 1.65 bits per heavy atom. The number of ketones is 1. The lowest BCUT2D eigenvalue weighted by Crippen LogP contribution is -1.98. The molecule has 0 spiro atoms. The number of carbonyl (C=O) groups is 1. The fourth-order valence-electron chi connectivity index (χ4n) is 3.06. The van der Waals surface area contributed by atoms with Crippen LogP contribution in [0.5, 0.6) is 5.75 Å². The molecule has 0 aromatic heterocycles. The molecule has 0 amide bonds. The van der Waals surface area contributed by atoms with E-state index in [1.54, 1.807) is 6.92 Å². The van der Waals surface area contributed by atoms with Crippen LogP contribution in [0.4, 0.5) is 0 Å². The van der Waals surface area contributed by atoms with Gasteiger partial charge in [0, 0.05) is 6.42 Å². The van der Waals surface area contributed by atoms with Crippen molar-refractivity contribution in [2.24, 2.45) is 5.92 Å². The van der Waals surface area contributed by atoms with E-state index >= 15 is 0 Å². The highest BCUT2D eigenvalue weighted by molar-refractivity contribution is 6.08. The number of ether oxygens (including phenoxy) is 1. The minimum absolute atomic E-state index is 0.193. The summed E-state index contributed by atoms with van der Waals surface area (Å²) in [4.78, 5) is 11.4. The number of fused-ring (bicyclic) bond motifs is 3. The van der Waals surface area contributed by atoms with Crippen LogP contribution in [-0.4, -0.2) is 12.4 Å². The molecule has 0 heterocycles. The van der Waals surface area contributed by atoms with Crippen molar-refractivity contribution in [2.45, 2.75) is 26.2 Å². The fourth-order valence-corrected chi connectivity index (χ4v) is 3.06. The van der Waals surface area contributed by atoms with Gasteiger partial charge in [0.25, 0.3) is 0 Å².